The van der Waals surface area contributed by atoms with Crippen LogP contribution >= 0.6 is 11.3 Å². The van der Waals surface area contributed by atoms with E-state index < -0.39 is 0 Å². The molecule has 3 atom stereocenters. The second-order valence-electron chi connectivity index (χ2n) is 7.70. The van der Waals surface area contributed by atoms with Gasteiger partial charge in [0.15, 0.2) is 0 Å². The Morgan fingerprint density at radius 2 is 2.27 bits per heavy atom. The van der Waals surface area contributed by atoms with E-state index in [1.54, 1.807) is 17.4 Å². The van der Waals surface area contributed by atoms with E-state index in [2.05, 4.69) is 22.5 Å². The molecule has 2 aromatic rings. The molecule has 1 aliphatic carbocycles. The van der Waals surface area contributed by atoms with E-state index in [1.807, 2.05) is 24.4 Å². The van der Waals surface area contributed by atoms with Crippen LogP contribution in [0, 0.1) is 12.8 Å². The molecule has 26 heavy (non-hydrogen) atoms. The highest BCUT2D eigenvalue weighted by Crippen LogP contribution is 2.39. The number of hydrogen-bond donors (Lipinski definition) is 4. The Hall–Kier alpha value is -2.25. The molecule has 1 amide bonds. The number of piperidine rings is 1. The lowest BCUT2D eigenvalue weighted by molar-refractivity contribution is -0.136. The average Bonchev–Trinajstić information content (AvgIpc) is 3.27. The minimum Gasteiger partial charge on any atom is -0.398 e. The molecular formula is C19H24N5OS+. The predicted octanol–water partition coefficient (Wildman–Crippen LogP) is 0.506. The van der Waals surface area contributed by atoms with Crippen LogP contribution in [0.3, 0.4) is 0 Å². The Morgan fingerprint density at radius 3 is 2.85 bits per heavy atom. The molecular weight excluding hydrogens is 346 g/mol. The minimum atomic E-state index is -0.240. The molecule has 136 valence electrons. The normalized spacial score (nSPS) is 26.8. The molecule has 6 N–H and O–H groups in total. The number of nitrogen functional groups attached to an aromatic ring is 1. The van der Waals surface area contributed by atoms with Gasteiger partial charge in [-0.25, -0.2) is 10.4 Å². The van der Waals surface area contributed by atoms with Crippen LogP contribution in [0.2, 0.25) is 0 Å². The number of fused-ring (bicyclic) bond motifs is 2. The van der Waals surface area contributed by atoms with Gasteiger partial charge in [-0.3, -0.25) is 4.79 Å². The van der Waals surface area contributed by atoms with E-state index in [1.165, 1.54) is 0 Å². The highest BCUT2D eigenvalue weighted by Gasteiger charge is 2.48. The fraction of sp³-hybridized carbons (Fsp3) is 0.421. The molecule has 3 unspecified atom stereocenters. The Labute approximate surface area is 156 Å². The van der Waals surface area contributed by atoms with E-state index in [0.29, 0.717) is 17.2 Å². The number of thiazole rings is 1. The molecule has 0 spiro atoms. The zero-order valence-electron chi connectivity index (χ0n) is 15.0. The minimum absolute atomic E-state index is 0.143. The molecule has 6 nitrogen and oxygen atoms in total. The van der Waals surface area contributed by atoms with Crippen molar-refractivity contribution in [2.75, 3.05) is 12.3 Å². The van der Waals surface area contributed by atoms with Crippen LogP contribution in [-0.2, 0) is 4.79 Å². The average molecular weight is 371 g/mol. The summed E-state index contributed by atoms with van der Waals surface area (Å²) in [5.41, 5.74) is 9.47. The SMILES string of the molecule is Cc1csc(-c2ccc(C(=[NH2+])C(=O)NC3CC4(C)CC3CN4)c(N)c2)n1. The number of aromatic nitrogens is 1. The molecule has 1 aromatic heterocycles. The van der Waals surface area contributed by atoms with Gasteiger partial charge in [-0.2, -0.15) is 0 Å². The maximum absolute atomic E-state index is 12.6. The van der Waals surface area contributed by atoms with Crippen LogP contribution in [-0.4, -0.2) is 34.7 Å². The van der Waals surface area contributed by atoms with E-state index >= 15 is 0 Å². The molecule has 0 radical (unpaired) electrons. The predicted molar refractivity (Wildman–Crippen MR) is 104 cm³/mol. The molecule has 1 saturated carbocycles. The number of nitrogens with zero attached hydrogens (tertiary/aromatic N) is 1. The number of hydrogen-bond acceptors (Lipinski definition) is 5. The summed E-state index contributed by atoms with van der Waals surface area (Å²) in [4.78, 5) is 17.1. The lowest BCUT2D eigenvalue weighted by Crippen LogP contribution is -2.55. The number of aryl methyl sites for hydroxylation is 1. The summed E-state index contributed by atoms with van der Waals surface area (Å²) >= 11 is 1.57. The van der Waals surface area contributed by atoms with E-state index in [-0.39, 0.29) is 23.2 Å². The van der Waals surface area contributed by atoms with Gasteiger partial charge in [0.1, 0.15) is 5.01 Å². The number of rotatable bonds is 4. The largest absolute Gasteiger partial charge is 0.398 e. The smallest absolute Gasteiger partial charge is 0.316 e. The van der Waals surface area contributed by atoms with E-state index in [0.717, 1.165) is 35.7 Å². The van der Waals surface area contributed by atoms with Gasteiger partial charge in [0, 0.05) is 40.5 Å². The summed E-state index contributed by atoms with van der Waals surface area (Å²) in [5.74, 6) is 0.236. The van der Waals surface area contributed by atoms with Crippen molar-refractivity contribution in [2.45, 2.75) is 38.3 Å². The number of amides is 1. The van der Waals surface area contributed by atoms with E-state index in [4.69, 9.17) is 11.1 Å². The molecule has 1 saturated heterocycles. The summed E-state index contributed by atoms with van der Waals surface area (Å²) in [5, 5.41) is 15.7. The van der Waals surface area contributed by atoms with Gasteiger partial charge in [-0.15, -0.1) is 11.3 Å². The van der Waals surface area contributed by atoms with Crippen molar-refractivity contribution in [1.29, 1.82) is 0 Å². The molecule has 2 aliphatic rings. The summed E-state index contributed by atoms with van der Waals surface area (Å²) in [6.07, 6.45) is 2.04. The summed E-state index contributed by atoms with van der Waals surface area (Å²) < 4.78 is 0. The second kappa shape index (κ2) is 6.17. The van der Waals surface area contributed by atoms with Gasteiger partial charge < -0.3 is 16.4 Å². The number of benzene rings is 1. The van der Waals surface area contributed by atoms with Crippen LogP contribution in [0.1, 0.15) is 31.0 Å². The first-order chi connectivity index (χ1) is 12.3. The molecule has 1 aliphatic heterocycles. The maximum atomic E-state index is 12.6. The number of carbonyl (C=O) groups is 1. The second-order valence-corrected chi connectivity index (χ2v) is 8.56. The number of anilines is 1. The van der Waals surface area contributed by atoms with Crippen molar-refractivity contribution in [3.63, 3.8) is 0 Å². The monoisotopic (exact) mass is 370 g/mol. The van der Waals surface area contributed by atoms with Gasteiger partial charge in [-0.05, 0) is 44.7 Å². The summed E-state index contributed by atoms with van der Waals surface area (Å²) in [6.45, 7) is 5.12. The first-order valence-electron chi connectivity index (χ1n) is 8.85. The zero-order valence-corrected chi connectivity index (χ0v) is 15.8. The third kappa shape index (κ3) is 3.01. The van der Waals surface area contributed by atoms with Crippen LogP contribution < -0.4 is 21.8 Å². The van der Waals surface area contributed by atoms with Crippen molar-refractivity contribution in [1.82, 2.24) is 15.6 Å². The highest BCUT2D eigenvalue weighted by atomic mass is 32.1. The summed E-state index contributed by atoms with van der Waals surface area (Å²) in [7, 11) is 0. The Bertz CT molecular complexity index is 892. The van der Waals surface area contributed by atoms with Gasteiger partial charge in [0.25, 0.3) is 5.71 Å². The van der Waals surface area contributed by atoms with Gasteiger partial charge in [0.05, 0.1) is 5.56 Å². The van der Waals surface area contributed by atoms with Crippen LogP contribution in [0.4, 0.5) is 5.69 Å². The van der Waals surface area contributed by atoms with Gasteiger partial charge >= 0.3 is 5.91 Å². The quantitative estimate of drug-likeness (QED) is 0.465. The maximum Gasteiger partial charge on any atom is 0.316 e. The third-order valence-corrected chi connectivity index (χ3v) is 6.52. The van der Waals surface area contributed by atoms with Crippen molar-refractivity contribution >= 4 is 28.6 Å². The number of nitrogens with two attached hydrogens (primary N) is 2. The van der Waals surface area contributed by atoms with Crippen LogP contribution in [0.25, 0.3) is 10.6 Å². The lowest BCUT2D eigenvalue weighted by atomic mass is 9.99. The molecule has 2 fully saturated rings. The van der Waals surface area contributed by atoms with E-state index in [9.17, 15) is 4.79 Å². The first kappa shape index (κ1) is 17.2. The van der Waals surface area contributed by atoms with Crippen molar-refractivity contribution in [3.05, 3.63) is 34.8 Å². The van der Waals surface area contributed by atoms with Gasteiger partial charge in [0.2, 0.25) is 0 Å². The van der Waals surface area contributed by atoms with Crippen LogP contribution in [0.15, 0.2) is 23.6 Å². The Morgan fingerprint density at radius 1 is 1.46 bits per heavy atom. The Kier molecular flexibility index (Phi) is 4.08. The van der Waals surface area contributed by atoms with Crippen LogP contribution in [0.5, 0.6) is 0 Å². The fourth-order valence-corrected chi connectivity index (χ4v) is 4.95. The molecule has 7 heteroatoms. The van der Waals surface area contributed by atoms with Crippen molar-refractivity contribution < 1.29 is 10.2 Å². The fourth-order valence-electron chi connectivity index (χ4n) is 4.16. The first-order valence-corrected chi connectivity index (χ1v) is 9.73. The van der Waals surface area contributed by atoms with Crippen molar-refractivity contribution in [2.24, 2.45) is 5.92 Å². The molecule has 2 heterocycles. The molecule has 2 bridgehead atoms. The van der Waals surface area contributed by atoms with Crippen molar-refractivity contribution in [3.8, 4) is 10.6 Å². The van der Waals surface area contributed by atoms with Gasteiger partial charge in [-0.1, -0.05) is 6.07 Å². The lowest BCUT2D eigenvalue weighted by Gasteiger charge is -2.28. The number of carbonyl (C=O) groups excluding carboxylic acids is 1. The highest BCUT2D eigenvalue weighted by molar-refractivity contribution is 7.13. The standard InChI is InChI=1S/C19H23N5OS/c1-10-9-26-18(23-10)11-3-4-13(14(20)5-11)16(21)17(25)24-15-7-19(2)6-12(15)8-22-19/h3-5,9,12,15,21-22H,6-8,20H2,1-2H3,(H,24,25)/p+1. The topological polar surface area (TPSA) is 106 Å². The number of nitrogens with one attached hydrogen (secondary N) is 2. The Balaban J connectivity index is 1.48. The molecule has 1 aromatic carbocycles. The molecule has 4 rings (SSSR count). The summed E-state index contributed by atoms with van der Waals surface area (Å²) in [6, 6.07) is 5.72. The third-order valence-electron chi connectivity index (χ3n) is 5.51. The zero-order chi connectivity index (χ0) is 18.5.